The van der Waals surface area contributed by atoms with E-state index in [0.717, 1.165) is 16.6 Å². The molecule has 0 atom stereocenters. The van der Waals surface area contributed by atoms with Gasteiger partial charge in [-0.25, -0.2) is 4.79 Å². The molecule has 0 amide bonds. The van der Waals surface area contributed by atoms with Gasteiger partial charge in [-0.15, -0.1) is 0 Å². The monoisotopic (exact) mass is 394 g/mol. The van der Waals surface area contributed by atoms with Crippen LogP contribution in [0.15, 0.2) is 42.5 Å². The molecule has 5 heteroatoms. The molecule has 0 N–H and O–H groups in total. The number of hydrogen-bond acceptors (Lipinski definition) is 4. The van der Waals surface area contributed by atoms with Crippen LogP contribution in [0.5, 0.6) is 0 Å². The minimum Gasteiger partial charge on any atom is -0.465 e. The second kappa shape index (κ2) is 7.30. The van der Waals surface area contributed by atoms with Crippen LogP contribution in [-0.2, 0) is 19.5 Å². The summed E-state index contributed by atoms with van der Waals surface area (Å²) in [5, 5.41) is 0. The second-order valence-corrected chi connectivity index (χ2v) is 9.75. The number of hydrogen-bond donors (Lipinski definition) is 0. The Balaban J connectivity index is 2.05. The molecule has 0 spiro atoms. The van der Waals surface area contributed by atoms with Gasteiger partial charge in [-0.05, 0) is 67.4 Å². The lowest BCUT2D eigenvalue weighted by Gasteiger charge is -2.32. The Morgan fingerprint density at radius 1 is 0.897 bits per heavy atom. The molecular weight excluding hydrogens is 363 g/mol. The van der Waals surface area contributed by atoms with Gasteiger partial charge < -0.3 is 14.0 Å². The van der Waals surface area contributed by atoms with Crippen LogP contribution in [-0.4, -0.2) is 31.4 Å². The molecule has 29 heavy (non-hydrogen) atoms. The van der Waals surface area contributed by atoms with Gasteiger partial charge in [0.05, 0.1) is 23.9 Å². The summed E-state index contributed by atoms with van der Waals surface area (Å²) in [7, 11) is 0.846. The molecule has 154 valence electrons. The van der Waals surface area contributed by atoms with Crippen molar-refractivity contribution in [3.63, 3.8) is 0 Å². The molecule has 4 nitrogen and oxygen atoms in total. The highest BCUT2D eigenvalue weighted by molar-refractivity contribution is 6.62. The van der Waals surface area contributed by atoms with E-state index < -0.39 is 18.3 Å². The minimum absolute atomic E-state index is 0.0836. The van der Waals surface area contributed by atoms with Crippen molar-refractivity contribution in [1.82, 2.24) is 0 Å². The smallest absolute Gasteiger partial charge is 0.465 e. The van der Waals surface area contributed by atoms with Crippen LogP contribution in [0.2, 0.25) is 0 Å². The van der Waals surface area contributed by atoms with Crippen molar-refractivity contribution >= 4 is 18.6 Å². The average Bonchev–Trinajstić information content (AvgIpc) is 2.87. The van der Waals surface area contributed by atoms with E-state index in [2.05, 4.69) is 45.0 Å². The molecule has 0 aliphatic carbocycles. The van der Waals surface area contributed by atoms with Gasteiger partial charge in [0, 0.05) is 0 Å². The van der Waals surface area contributed by atoms with E-state index in [9.17, 15) is 4.79 Å². The summed E-state index contributed by atoms with van der Waals surface area (Å²) in [5.41, 5.74) is 3.69. The zero-order chi connectivity index (χ0) is 21.6. The molecule has 3 rings (SSSR count). The fourth-order valence-corrected chi connectivity index (χ4v) is 3.33. The van der Waals surface area contributed by atoms with Crippen LogP contribution in [0, 0.1) is 0 Å². The number of esters is 1. The third-order valence-electron chi connectivity index (χ3n) is 5.99. The summed E-state index contributed by atoms with van der Waals surface area (Å²) in [5.74, 6) is -0.379. The van der Waals surface area contributed by atoms with E-state index >= 15 is 0 Å². The standard InChI is InChI=1S/C24H31BO4/c1-22(2,3)19-11-9-16(10-12-19)17-13-18(21(26)27-8)15-20(14-17)25-28-23(4,5)24(6,7)29-25/h9-15H,1-8H3. The third kappa shape index (κ3) is 4.26. The molecular formula is C24H31BO4. The summed E-state index contributed by atoms with van der Waals surface area (Å²) in [6.07, 6.45) is 0. The summed E-state index contributed by atoms with van der Waals surface area (Å²) >= 11 is 0. The number of rotatable bonds is 3. The number of ether oxygens (including phenoxy) is 1. The first-order chi connectivity index (χ1) is 13.3. The SMILES string of the molecule is COC(=O)c1cc(B2OC(C)(C)C(C)(C)O2)cc(-c2ccc(C(C)(C)C)cc2)c1. The zero-order valence-electron chi connectivity index (χ0n) is 18.8. The second-order valence-electron chi connectivity index (χ2n) is 9.75. The van der Waals surface area contributed by atoms with Crippen LogP contribution >= 0.6 is 0 Å². The van der Waals surface area contributed by atoms with Crippen molar-refractivity contribution in [3.05, 3.63) is 53.6 Å². The van der Waals surface area contributed by atoms with Crippen molar-refractivity contribution in [2.24, 2.45) is 0 Å². The van der Waals surface area contributed by atoms with E-state index in [-0.39, 0.29) is 11.4 Å². The predicted molar refractivity (Wildman–Crippen MR) is 118 cm³/mol. The summed E-state index contributed by atoms with van der Waals surface area (Å²) in [6.45, 7) is 14.6. The number of carbonyl (C=O) groups excluding carboxylic acids is 1. The zero-order valence-corrected chi connectivity index (χ0v) is 18.8. The molecule has 0 aromatic heterocycles. The fourth-order valence-electron chi connectivity index (χ4n) is 3.33. The summed E-state index contributed by atoms with van der Waals surface area (Å²) in [6, 6.07) is 14.1. The lowest BCUT2D eigenvalue weighted by Crippen LogP contribution is -2.41. The molecule has 1 aliphatic heterocycles. The Hall–Kier alpha value is -2.11. The quantitative estimate of drug-likeness (QED) is 0.557. The first-order valence-corrected chi connectivity index (χ1v) is 10.0. The molecule has 0 bridgehead atoms. The largest absolute Gasteiger partial charge is 0.494 e. The highest BCUT2D eigenvalue weighted by Crippen LogP contribution is 2.37. The van der Waals surface area contributed by atoms with Gasteiger partial charge in [0.2, 0.25) is 0 Å². The van der Waals surface area contributed by atoms with E-state index in [1.165, 1.54) is 12.7 Å². The number of carbonyl (C=O) groups is 1. The third-order valence-corrected chi connectivity index (χ3v) is 5.99. The molecule has 1 fully saturated rings. The highest BCUT2D eigenvalue weighted by atomic mass is 16.7. The van der Waals surface area contributed by atoms with Gasteiger partial charge in [-0.3, -0.25) is 0 Å². The Labute approximate surface area is 174 Å². The Morgan fingerprint density at radius 3 is 1.93 bits per heavy atom. The van der Waals surface area contributed by atoms with E-state index in [4.69, 9.17) is 14.0 Å². The van der Waals surface area contributed by atoms with Gasteiger partial charge in [0.25, 0.3) is 0 Å². The maximum atomic E-state index is 12.3. The van der Waals surface area contributed by atoms with Crippen molar-refractivity contribution < 1.29 is 18.8 Å². The molecule has 1 heterocycles. The normalized spacial score (nSPS) is 18.0. The van der Waals surface area contributed by atoms with Crippen molar-refractivity contribution in [2.45, 2.75) is 65.1 Å². The molecule has 0 saturated carbocycles. The minimum atomic E-state index is -0.544. The van der Waals surface area contributed by atoms with E-state index in [1.807, 2.05) is 39.8 Å². The van der Waals surface area contributed by atoms with Gasteiger partial charge >= 0.3 is 13.1 Å². The van der Waals surface area contributed by atoms with Gasteiger partial charge in [-0.1, -0.05) is 51.1 Å². The molecule has 1 aliphatic rings. The van der Waals surface area contributed by atoms with Crippen molar-refractivity contribution in [3.8, 4) is 11.1 Å². The molecule has 1 saturated heterocycles. The first-order valence-electron chi connectivity index (χ1n) is 10.0. The Morgan fingerprint density at radius 2 is 1.45 bits per heavy atom. The van der Waals surface area contributed by atoms with Gasteiger partial charge in [0.15, 0.2) is 0 Å². The Bertz CT molecular complexity index is 891. The number of methoxy groups -OCH3 is 1. The summed E-state index contributed by atoms with van der Waals surface area (Å²) < 4.78 is 17.4. The maximum Gasteiger partial charge on any atom is 0.494 e. The predicted octanol–water partition coefficient (Wildman–Crippen LogP) is 4.74. The molecule has 0 radical (unpaired) electrons. The van der Waals surface area contributed by atoms with Crippen LogP contribution in [0.4, 0.5) is 0 Å². The van der Waals surface area contributed by atoms with Crippen LogP contribution in [0.3, 0.4) is 0 Å². The first kappa shape index (κ1) is 21.6. The average molecular weight is 394 g/mol. The van der Waals surface area contributed by atoms with Crippen LogP contribution < -0.4 is 5.46 Å². The maximum absolute atomic E-state index is 12.3. The summed E-state index contributed by atoms with van der Waals surface area (Å²) in [4.78, 5) is 12.3. The molecule has 2 aromatic carbocycles. The van der Waals surface area contributed by atoms with Crippen molar-refractivity contribution in [1.29, 1.82) is 0 Å². The van der Waals surface area contributed by atoms with Gasteiger partial charge in [0.1, 0.15) is 0 Å². The molecule has 0 unspecified atom stereocenters. The topological polar surface area (TPSA) is 44.8 Å². The van der Waals surface area contributed by atoms with E-state index in [0.29, 0.717) is 5.56 Å². The number of benzene rings is 2. The lowest BCUT2D eigenvalue weighted by molar-refractivity contribution is 0.00578. The lowest BCUT2D eigenvalue weighted by atomic mass is 9.76. The Kier molecular flexibility index (Phi) is 5.44. The van der Waals surface area contributed by atoms with Crippen LogP contribution in [0.1, 0.15) is 64.4 Å². The fraction of sp³-hybridized carbons (Fsp3) is 0.458. The highest BCUT2D eigenvalue weighted by Gasteiger charge is 2.51. The van der Waals surface area contributed by atoms with Crippen molar-refractivity contribution in [2.75, 3.05) is 7.11 Å². The van der Waals surface area contributed by atoms with E-state index in [1.54, 1.807) is 6.07 Å². The molecule has 2 aromatic rings. The van der Waals surface area contributed by atoms with Crippen LogP contribution in [0.25, 0.3) is 11.1 Å². The van der Waals surface area contributed by atoms with Gasteiger partial charge in [-0.2, -0.15) is 0 Å².